The van der Waals surface area contributed by atoms with Crippen molar-refractivity contribution in [1.82, 2.24) is 10.1 Å². The number of hydrogen-bond acceptors (Lipinski definition) is 5. The molecule has 5 heteroatoms. The number of rotatable bonds is 4. The highest BCUT2D eigenvalue weighted by Crippen LogP contribution is 2.36. The van der Waals surface area contributed by atoms with Gasteiger partial charge >= 0.3 is 5.97 Å². The van der Waals surface area contributed by atoms with Crippen molar-refractivity contribution in [3.63, 3.8) is 0 Å². The van der Waals surface area contributed by atoms with E-state index in [0.717, 1.165) is 31.0 Å². The Morgan fingerprint density at radius 3 is 2.70 bits per heavy atom. The fourth-order valence-electron chi connectivity index (χ4n) is 3.41. The van der Waals surface area contributed by atoms with Gasteiger partial charge in [0.1, 0.15) is 5.76 Å². The highest BCUT2D eigenvalue weighted by Gasteiger charge is 2.30. The summed E-state index contributed by atoms with van der Waals surface area (Å²) in [5.41, 5.74) is 3.99. The van der Waals surface area contributed by atoms with E-state index >= 15 is 0 Å². The Morgan fingerprint density at radius 2 is 2.09 bits per heavy atom. The smallest absolute Gasteiger partial charge is 0.337 e. The average Bonchev–Trinajstić information content (AvgIpc) is 3.13. The monoisotopic (exact) mass is 314 g/mol. The molecule has 1 aromatic carbocycles. The van der Waals surface area contributed by atoms with E-state index in [4.69, 9.17) is 9.26 Å². The van der Waals surface area contributed by atoms with Crippen molar-refractivity contribution < 1.29 is 14.1 Å². The molecule has 0 saturated carbocycles. The third kappa shape index (κ3) is 3.15. The lowest BCUT2D eigenvalue weighted by molar-refractivity contribution is 0.0600. The second-order valence-electron chi connectivity index (χ2n) is 6.05. The maximum Gasteiger partial charge on any atom is 0.337 e. The summed E-state index contributed by atoms with van der Waals surface area (Å²) in [6.45, 7) is 5.91. The molecule has 2 aromatic rings. The van der Waals surface area contributed by atoms with E-state index in [-0.39, 0.29) is 5.97 Å². The van der Waals surface area contributed by atoms with Gasteiger partial charge in [0.2, 0.25) is 0 Å². The maximum atomic E-state index is 11.5. The zero-order valence-corrected chi connectivity index (χ0v) is 13.8. The van der Waals surface area contributed by atoms with Gasteiger partial charge < -0.3 is 9.26 Å². The second-order valence-corrected chi connectivity index (χ2v) is 6.05. The predicted octanol–water partition coefficient (Wildman–Crippen LogP) is 3.42. The summed E-state index contributed by atoms with van der Waals surface area (Å²) in [5, 5.41) is 4.09. The van der Waals surface area contributed by atoms with Crippen LogP contribution >= 0.6 is 0 Å². The zero-order valence-electron chi connectivity index (χ0n) is 13.8. The number of esters is 1. The van der Waals surface area contributed by atoms with Gasteiger partial charge in [-0.2, -0.15) is 0 Å². The summed E-state index contributed by atoms with van der Waals surface area (Å²) >= 11 is 0. The summed E-state index contributed by atoms with van der Waals surface area (Å²) in [4.78, 5) is 14.0. The van der Waals surface area contributed by atoms with Crippen LogP contribution in [0.5, 0.6) is 0 Å². The summed E-state index contributed by atoms with van der Waals surface area (Å²) in [6, 6.07) is 8.00. The van der Waals surface area contributed by atoms with E-state index in [1.165, 1.54) is 24.7 Å². The van der Waals surface area contributed by atoms with E-state index in [1.807, 2.05) is 38.1 Å². The fourth-order valence-corrected chi connectivity index (χ4v) is 3.41. The van der Waals surface area contributed by atoms with Gasteiger partial charge in [0.05, 0.1) is 18.4 Å². The van der Waals surface area contributed by atoms with Crippen molar-refractivity contribution in [2.45, 2.75) is 39.3 Å². The van der Waals surface area contributed by atoms with Gasteiger partial charge in [0.15, 0.2) is 0 Å². The van der Waals surface area contributed by atoms with E-state index in [0.29, 0.717) is 11.6 Å². The normalized spacial score (nSPS) is 18.3. The largest absolute Gasteiger partial charge is 0.465 e. The quantitative estimate of drug-likeness (QED) is 0.809. The maximum absolute atomic E-state index is 11.5. The number of aryl methyl sites for hydroxylation is 2. The van der Waals surface area contributed by atoms with Crippen LogP contribution in [0, 0.1) is 13.8 Å². The molecule has 3 rings (SSSR count). The molecule has 1 aliphatic heterocycles. The van der Waals surface area contributed by atoms with Gasteiger partial charge in [-0.1, -0.05) is 17.3 Å². The SMILES string of the molecule is COC(=O)c1ccc(CN2CCCC2c2c(C)noc2C)cc1. The van der Waals surface area contributed by atoms with E-state index < -0.39 is 0 Å². The minimum absolute atomic E-state index is 0.300. The Bertz CT molecular complexity index is 671. The van der Waals surface area contributed by atoms with Crippen LogP contribution in [0.15, 0.2) is 28.8 Å². The Kier molecular flexibility index (Phi) is 4.48. The Labute approximate surface area is 136 Å². The highest BCUT2D eigenvalue weighted by molar-refractivity contribution is 5.89. The standard InChI is InChI=1S/C18H22N2O3/c1-12-17(13(2)23-19-12)16-5-4-10-20(16)11-14-6-8-15(9-7-14)18(21)22-3/h6-9,16H,4-5,10-11H2,1-3H3. The van der Waals surface area contributed by atoms with Gasteiger partial charge in [-0.3, -0.25) is 4.90 Å². The molecule has 1 fully saturated rings. The molecular formula is C18H22N2O3. The third-order valence-electron chi connectivity index (χ3n) is 4.55. The first-order valence-electron chi connectivity index (χ1n) is 7.94. The van der Waals surface area contributed by atoms with Crippen LogP contribution < -0.4 is 0 Å². The molecule has 0 amide bonds. The fraction of sp³-hybridized carbons (Fsp3) is 0.444. The van der Waals surface area contributed by atoms with Crippen LogP contribution in [0.1, 0.15) is 51.8 Å². The lowest BCUT2D eigenvalue weighted by Crippen LogP contribution is -2.23. The Hall–Kier alpha value is -2.14. The summed E-state index contributed by atoms with van der Waals surface area (Å²) in [5.74, 6) is 0.617. The number of ether oxygens (including phenoxy) is 1. The Morgan fingerprint density at radius 1 is 1.35 bits per heavy atom. The van der Waals surface area contributed by atoms with Crippen molar-refractivity contribution in [3.8, 4) is 0 Å². The molecule has 0 aliphatic carbocycles. The number of hydrogen-bond donors (Lipinski definition) is 0. The second kappa shape index (κ2) is 6.54. The van der Waals surface area contributed by atoms with Gasteiger partial charge in [0, 0.05) is 18.2 Å². The van der Waals surface area contributed by atoms with Gasteiger partial charge in [-0.05, 0) is 50.9 Å². The van der Waals surface area contributed by atoms with Crippen LogP contribution in [0.2, 0.25) is 0 Å². The van der Waals surface area contributed by atoms with Crippen molar-refractivity contribution >= 4 is 5.97 Å². The minimum Gasteiger partial charge on any atom is -0.465 e. The van der Waals surface area contributed by atoms with Crippen molar-refractivity contribution in [3.05, 3.63) is 52.4 Å². The first kappa shape index (κ1) is 15.7. The van der Waals surface area contributed by atoms with E-state index in [2.05, 4.69) is 10.1 Å². The number of aromatic nitrogens is 1. The number of benzene rings is 1. The first-order chi connectivity index (χ1) is 11.1. The molecule has 1 aliphatic rings. The summed E-state index contributed by atoms with van der Waals surface area (Å²) in [6.07, 6.45) is 2.30. The lowest BCUT2D eigenvalue weighted by atomic mass is 10.0. The van der Waals surface area contributed by atoms with Crippen LogP contribution in [0.4, 0.5) is 0 Å². The van der Waals surface area contributed by atoms with Crippen molar-refractivity contribution in [1.29, 1.82) is 0 Å². The molecule has 0 spiro atoms. The molecule has 2 heterocycles. The summed E-state index contributed by atoms with van der Waals surface area (Å²) in [7, 11) is 1.40. The number of nitrogens with zero attached hydrogens (tertiary/aromatic N) is 2. The molecule has 23 heavy (non-hydrogen) atoms. The molecule has 0 radical (unpaired) electrons. The van der Waals surface area contributed by atoms with E-state index in [1.54, 1.807) is 0 Å². The molecule has 0 N–H and O–H groups in total. The van der Waals surface area contributed by atoms with Crippen LogP contribution in [-0.2, 0) is 11.3 Å². The highest BCUT2D eigenvalue weighted by atomic mass is 16.5. The van der Waals surface area contributed by atoms with Crippen molar-refractivity contribution in [2.24, 2.45) is 0 Å². The number of carbonyl (C=O) groups excluding carboxylic acids is 1. The molecular weight excluding hydrogens is 292 g/mol. The molecule has 0 bridgehead atoms. The van der Waals surface area contributed by atoms with Crippen LogP contribution in [0.25, 0.3) is 0 Å². The summed E-state index contributed by atoms with van der Waals surface area (Å²) < 4.78 is 10.1. The average molecular weight is 314 g/mol. The van der Waals surface area contributed by atoms with Crippen molar-refractivity contribution in [2.75, 3.05) is 13.7 Å². The minimum atomic E-state index is -0.300. The van der Waals surface area contributed by atoms with E-state index in [9.17, 15) is 4.79 Å². The van der Waals surface area contributed by atoms with Crippen LogP contribution in [0.3, 0.4) is 0 Å². The number of likely N-dealkylation sites (tertiary alicyclic amines) is 1. The third-order valence-corrected chi connectivity index (χ3v) is 4.55. The van der Waals surface area contributed by atoms with Gasteiger partial charge in [-0.15, -0.1) is 0 Å². The van der Waals surface area contributed by atoms with Gasteiger partial charge in [0.25, 0.3) is 0 Å². The Balaban J connectivity index is 1.75. The molecule has 1 atom stereocenters. The molecule has 5 nitrogen and oxygen atoms in total. The predicted molar refractivity (Wildman–Crippen MR) is 86.1 cm³/mol. The first-order valence-corrected chi connectivity index (χ1v) is 7.94. The lowest BCUT2D eigenvalue weighted by Gasteiger charge is -2.24. The number of carbonyl (C=O) groups is 1. The van der Waals surface area contributed by atoms with Crippen LogP contribution in [-0.4, -0.2) is 29.7 Å². The topological polar surface area (TPSA) is 55.6 Å². The molecule has 1 aromatic heterocycles. The molecule has 1 unspecified atom stereocenters. The van der Waals surface area contributed by atoms with Gasteiger partial charge in [-0.25, -0.2) is 4.79 Å². The zero-order chi connectivity index (χ0) is 16.4. The molecule has 122 valence electrons. The number of methoxy groups -OCH3 is 1. The molecule has 1 saturated heterocycles.